The molecule has 0 saturated heterocycles. The lowest BCUT2D eigenvalue weighted by molar-refractivity contribution is 0.262. The zero-order chi connectivity index (χ0) is 11.1. The van der Waals surface area contributed by atoms with E-state index < -0.39 is 0 Å². The maximum Gasteiger partial charge on any atom is -0.0389 e. The molecule has 0 heteroatoms. The predicted octanol–water partition coefficient (Wildman–Crippen LogP) is 5.42. The average molecular weight is 210 g/mol. The first kappa shape index (κ1) is 13.1. The summed E-state index contributed by atoms with van der Waals surface area (Å²) in [5.74, 6) is 2.96. The summed E-state index contributed by atoms with van der Waals surface area (Å²) in [4.78, 5) is 0. The molecule has 1 saturated carbocycles. The van der Waals surface area contributed by atoms with Crippen molar-refractivity contribution >= 4 is 0 Å². The Morgan fingerprint density at radius 1 is 1.00 bits per heavy atom. The van der Waals surface area contributed by atoms with E-state index in [1.165, 1.54) is 57.8 Å². The molecule has 1 rings (SSSR count). The van der Waals surface area contributed by atoms with E-state index in [2.05, 4.69) is 20.8 Å². The average Bonchev–Trinajstić information content (AvgIpc) is 2.45. The van der Waals surface area contributed by atoms with Crippen LogP contribution >= 0.6 is 0 Å². The van der Waals surface area contributed by atoms with Crippen LogP contribution in [0.3, 0.4) is 0 Å². The Morgan fingerprint density at radius 2 is 1.60 bits per heavy atom. The maximum absolute atomic E-state index is 2.41. The molecule has 0 heterocycles. The monoisotopic (exact) mass is 210 g/mol. The maximum atomic E-state index is 2.41. The van der Waals surface area contributed by atoms with Crippen LogP contribution in [0.15, 0.2) is 0 Å². The van der Waals surface area contributed by atoms with Gasteiger partial charge >= 0.3 is 0 Å². The van der Waals surface area contributed by atoms with Crippen molar-refractivity contribution < 1.29 is 0 Å². The van der Waals surface area contributed by atoms with Crippen LogP contribution in [0.4, 0.5) is 0 Å². The molecule has 0 radical (unpaired) electrons. The minimum Gasteiger partial charge on any atom is -0.0654 e. The van der Waals surface area contributed by atoms with Crippen LogP contribution in [-0.2, 0) is 0 Å². The first-order valence-corrected chi connectivity index (χ1v) is 7.24. The van der Waals surface area contributed by atoms with Gasteiger partial charge in [0, 0.05) is 0 Å². The molecule has 0 aromatic heterocycles. The summed E-state index contributed by atoms with van der Waals surface area (Å²) in [5, 5.41) is 0. The number of hydrogen-bond donors (Lipinski definition) is 0. The fourth-order valence-corrected chi connectivity index (χ4v) is 3.12. The molecule has 0 aromatic carbocycles. The predicted molar refractivity (Wildman–Crippen MR) is 69.0 cm³/mol. The van der Waals surface area contributed by atoms with Gasteiger partial charge in [-0.05, 0) is 24.2 Å². The Hall–Kier alpha value is 0. The van der Waals surface area contributed by atoms with Crippen LogP contribution in [0.25, 0.3) is 0 Å². The summed E-state index contributed by atoms with van der Waals surface area (Å²) in [6, 6.07) is 0. The van der Waals surface area contributed by atoms with E-state index in [0.717, 1.165) is 17.8 Å². The van der Waals surface area contributed by atoms with Gasteiger partial charge in [-0.3, -0.25) is 0 Å². The Morgan fingerprint density at radius 3 is 2.07 bits per heavy atom. The largest absolute Gasteiger partial charge is 0.0654 e. The standard InChI is InChI=1S/C15H30/c1-4-9-15(13(2)3)12-14-10-7-5-6-8-11-14/h13-15H,4-12H2,1-3H3. The van der Waals surface area contributed by atoms with Crippen molar-refractivity contribution in [2.75, 3.05) is 0 Å². The molecule has 1 fully saturated rings. The van der Waals surface area contributed by atoms with E-state index in [0.29, 0.717) is 0 Å². The van der Waals surface area contributed by atoms with E-state index in [4.69, 9.17) is 0 Å². The van der Waals surface area contributed by atoms with Gasteiger partial charge in [0.1, 0.15) is 0 Å². The molecule has 1 unspecified atom stereocenters. The summed E-state index contributed by atoms with van der Waals surface area (Å²) in [5.41, 5.74) is 0. The second kappa shape index (κ2) is 7.30. The highest BCUT2D eigenvalue weighted by molar-refractivity contribution is 4.71. The van der Waals surface area contributed by atoms with Crippen molar-refractivity contribution in [2.24, 2.45) is 17.8 Å². The molecule has 15 heavy (non-hydrogen) atoms. The molecule has 0 bridgehead atoms. The van der Waals surface area contributed by atoms with Gasteiger partial charge < -0.3 is 0 Å². The van der Waals surface area contributed by atoms with Gasteiger partial charge in [-0.15, -0.1) is 0 Å². The second-order valence-electron chi connectivity index (χ2n) is 5.89. The lowest BCUT2D eigenvalue weighted by Crippen LogP contribution is -2.14. The van der Waals surface area contributed by atoms with Gasteiger partial charge in [-0.25, -0.2) is 0 Å². The van der Waals surface area contributed by atoms with Crippen LogP contribution in [-0.4, -0.2) is 0 Å². The zero-order valence-corrected chi connectivity index (χ0v) is 11.1. The Labute approximate surface area is 96.8 Å². The van der Waals surface area contributed by atoms with Crippen LogP contribution in [0, 0.1) is 17.8 Å². The topological polar surface area (TPSA) is 0 Å². The van der Waals surface area contributed by atoms with Crippen LogP contribution in [0.2, 0.25) is 0 Å². The lowest BCUT2D eigenvalue weighted by Gasteiger charge is -2.25. The Balaban J connectivity index is 2.34. The smallest absolute Gasteiger partial charge is 0.0389 e. The van der Waals surface area contributed by atoms with Gasteiger partial charge in [0.15, 0.2) is 0 Å². The Kier molecular flexibility index (Phi) is 6.36. The van der Waals surface area contributed by atoms with Crippen LogP contribution in [0.1, 0.15) is 78.6 Å². The number of rotatable bonds is 5. The fraction of sp³-hybridized carbons (Fsp3) is 1.00. The molecule has 1 aliphatic rings. The summed E-state index contributed by atoms with van der Waals surface area (Å²) in [7, 11) is 0. The molecule has 0 aliphatic heterocycles. The van der Waals surface area contributed by atoms with Gasteiger partial charge in [-0.1, -0.05) is 72.1 Å². The van der Waals surface area contributed by atoms with E-state index in [1.54, 1.807) is 0 Å². The van der Waals surface area contributed by atoms with Crippen LogP contribution in [0.5, 0.6) is 0 Å². The summed E-state index contributed by atoms with van der Waals surface area (Å²) in [6.07, 6.45) is 13.4. The minimum absolute atomic E-state index is 0.896. The first-order chi connectivity index (χ1) is 7.24. The summed E-state index contributed by atoms with van der Waals surface area (Å²) >= 11 is 0. The molecule has 0 amide bonds. The Bertz CT molecular complexity index is 140. The summed E-state index contributed by atoms with van der Waals surface area (Å²) < 4.78 is 0. The van der Waals surface area contributed by atoms with E-state index >= 15 is 0 Å². The molecule has 0 nitrogen and oxygen atoms in total. The van der Waals surface area contributed by atoms with E-state index in [9.17, 15) is 0 Å². The van der Waals surface area contributed by atoms with E-state index in [1.807, 2.05) is 0 Å². The molecule has 0 aromatic rings. The van der Waals surface area contributed by atoms with Gasteiger partial charge in [0.2, 0.25) is 0 Å². The highest BCUT2D eigenvalue weighted by Gasteiger charge is 2.19. The molecule has 90 valence electrons. The van der Waals surface area contributed by atoms with Crippen molar-refractivity contribution in [1.82, 2.24) is 0 Å². The van der Waals surface area contributed by atoms with Crippen molar-refractivity contribution in [3.63, 3.8) is 0 Å². The number of hydrogen-bond acceptors (Lipinski definition) is 0. The van der Waals surface area contributed by atoms with Crippen molar-refractivity contribution in [3.05, 3.63) is 0 Å². The highest BCUT2D eigenvalue weighted by Crippen LogP contribution is 2.32. The van der Waals surface area contributed by atoms with E-state index in [-0.39, 0.29) is 0 Å². The molecular formula is C15H30. The highest BCUT2D eigenvalue weighted by atomic mass is 14.2. The zero-order valence-electron chi connectivity index (χ0n) is 11.1. The molecule has 0 spiro atoms. The molecule has 0 N–H and O–H groups in total. The SMILES string of the molecule is CCCC(CC1CCCCCC1)C(C)C. The molecular weight excluding hydrogens is 180 g/mol. The van der Waals surface area contributed by atoms with Crippen molar-refractivity contribution in [3.8, 4) is 0 Å². The normalized spacial score (nSPS) is 21.6. The van der Waals surface area contributed by atoms with Gasteiger partial charge in [0.25, 0.3) is 0 Å². The fourth-order valence-electron chi connectivity index (χ4n) is 3.12. The molecule has 1 atom stereocenters. The third-order valence-electron chi connectivity index (χ3n) is 4.21. The quantitative estimate of drug-likeness (QED) is 0.532. The lowest BCUT2D eigenvalue weighted by atomic mass is 9.81. The van der Waals surface area contributed by atoms with Crippen molar-refractivity contribution in [2.45, 2.75) is 78.6 Å². The van der Waals surface area contributed by atoms with Gasteiger partial charge in [-0.2, -0.15) is 0 Å². The third-order valence-corrected chi connectivity index (χ3v) is 4.21. The van der Waals surface area contributed by atoms with Crippen LogP contribution < -0.4 is 0 Å². The minimum atomic E-state index is 0.896. The first-order valence-electron chi connectivity index (χ1n) is 7.24. The van der Waals surface area contributed by atoms with Crippen molar-refractivity contribution in [1.29, 1.82) is 0 Å². The second-order valence-corrected chi connectivity index (χ2v) is 5.89. The summed E-state index contributed by atoms with van der Waals surface area (Å²) in [6.45, 7) is 7.16. The molecule has 1 aliphatic carbocycles. The third kappa shape index (κ3) is 5.04. The van der Waals surface area contributed by atoms with Gasteiger partial charge in [0.05, 0.1) is 0 Å².